The first-order chi connectivity index (χ1) is 7.84. The summed E-state index contributed by atoms with van der Waals surface area (Å²) < 4.78 is 5.35. The largest absolute Gasteiger partial charge is 0.381 e. The Bertz CT molecular complexity index is 249. The summed E-state index contributed by atoms with van der Waals surface area (Å²) >= 11 is 0. The summed E-state index contributed by atoms with van der Waals surface area (Å²) in [6, 6.07) is -0.293. The van der Waals surface area contributed by atoms with Gasteiger partial charge in [-0.1, -0.05) is 20.8 Å². The van der Waals surface area contributed by atoms with E-state index in [1.165, 1.54) is 0 Å². The molecule has 0 heterocycles. The zero-order chi connectivity index (χ0) is 13.1. The normalized spacial score (nSPS) is 27.8. The van der Waals surface area contributed by atoms with Crippen molar-refractivity contribution in [3.8, 4) is 0 Å². The number of rotatable bonds is 4. The second kappa shape index (κ2) is 5.96. The third kappa shape index (κ3) is 4.40. The highest BCUT2D eigenvalue weighted by Gasteiger charge is 2.30. The number of carbonyl (C=O) groups is 1. The highest BCUT2D eigenvalue weighted by molar-refractivity contribution is 5.88. The van der Waals surface area contributed by atoms with E-state index < -0.39 is 0 Å². The Balaban J connectivity index is 2.38. The Morgan fingerprint density at radius 2 is 1.82 bits per heavy atom. The number of ketones is 1. The van der Waals surface area contributed by atoms with Gasteiger partial charge in [0.2, 0.25) is 0 Å². The summed E-state index contributed by atoms with van der Waals surface area (Å²) in [4.78, 5) is 12.0. The maximum Gasteiger partial charge on any atom is 0.154 e. The van der Waals surface area contributed by atoms with Crippen molar-refractivity contribution in [2.24, 2.45) is 17.1 Å². The molecule has 1 atom stereocenters. The lowest BCUT2D eigenvalue weighted by Gasteiger charge is -2.30. The van der Waals surface area contributed by atoms with E-state index >= 15 is 0 Å². The molecule has 1 saturated carbocycles. The van der Waals surface area contributed by atoms with Gasteiger partial charge in [-0.05, 0) is 38.0 Å². The number of hydrogen-bond acceptors (Lipinski definition) is 3. The minimum atomic E-state index is -0.316. The Kier molecular flexibility index (Phi) is 5.14. The molecule has 1 rings (SSSR count). The fourth-order valence-electron chi connectivity index (χ4n) is 2.63. The molecule has 0 aromatic heterocycles. The van der Waals surface area contributed by atoms with Gasteiger partial charge in [0.15, 0.2) is 5.78 Å². The summed E-state index contributed by atoms with van der Waals surface area (Å²) in [5.41, 5.74) is 5.70. The Morgan fingerprint density at radius 1 is 1.29 bits per heavy atom. The molecular formula is C14H27NO2. The Morgan fingerprint density at radius 3 is 2.24 bits per heavy atom. The van der Waals surface area contributed by atoms with Crippen molar-refractivity contribution in [2.75, 3.05) is 7.11 Å². The van der Waals surface area contributed by atoms with Crippen LogP contribution in [0.25, 0.3) is 0 Å². The fraction of sp³-hybridized carbons (Fsp3) is 0.929. The predicted octanol–water partition coefficient (Wildman–Crippen LogP) is 2.52. The maximum atomic E-state index is 12.0. The molecule has 1 fully saturated rings. The molecule has 0 saturated heterocycles. The molecule has 1 aliphatic carbocycles. The molecule has 1 unspecified atom stereocenters. The summed E-state index contributed by atoms with van der Waals surface area (Å²) in [6.45, 7) is 5.82. The van der Waals surface area contributed by atoms with Crippen LogP contribution in [0.1, 0.15) is 52.9 Å². The van der Waals surface area contributed by atoms with E-state index in [1.54, 1.807) is 7.11 Å². The van der Waals surface area contributed by atoms with Crippen molar-refractivity contribution in [2.45, 2.75) is 65.0 Å². The SMILES string of the molecule is COC1CCC(CC(N)C(=O)C(C)(C)C)CC1. The Hall–Kier alpha value is -0.410. The lowest BCUT2D eigenvalue weighted by molar-refractivity contribution is -0.128. The average molecular weight is 241 g/mol. The predicted molar refractivity (Wildman–Crippen MR) is 69.8 cm³/mol. The summed E-state index contributed by atoms with van der Waals surface area (Å²) in [5.74, 6) is 0.786. The van der Waals surface area contributed by atoms with Gasteiger partial charge in [-0.15, -0.1) is 0 Å². The van der Waals surface area contributed by atoms with Crippen LogP contribution in [0.4, 0.5) is 0 Å². The van der Waals surface area contributed by atoms with E-state index in [4.69, 9.17) is 10.5 Å². The van der Waals surface area contributed by atoms with Crippen LogP contribution in [-0.4, -0.2) is 25.0 Å². The maximum absolute atomic E-state index is 12.0. The lowest BCUT2D eigenvalue weighted by atomic mass is 9.79. The summed E-state index contributed by atoms with van der Waals surface area (Å²) in [6.07, 6.45) is 5.76. The number of Topliss-reactive ketones (excluding diaryl/α,β-unsaturated/α-hetero) is 1. The fourth-order valence-corrected chi connectivity index (χ4v) is 2.63. The quantitative estimate of drug-likeness (QED) is 0.823. The molecule has 1 aliphatic rings. The molecule has 0 bridgehead atoms. The standard InChI is InChI=1S/C14H27NO2/c1-14(2,3)13(16)12(15)9-10-5-7-11(17-4)8-6-10/h10-12H,5-9,15H2,1-4H3. The third-order valence-corrected chi connectivity index (χ3v) is 3.79. The van der Waals surface area contributed by atoms with Crippen molar-refractivity contribution in [1.29, 1.82) is 0 Å². The molecule has 0 radical (unpaired) electrons. The number of carbonyl (C=O) groups excluding carboxylic acids is 1. The third-order valence-electron chi connectivity index (χ3n) is 3.79. The molecule has 3 heteroatoms. The zero-order valence-corrected chi connectivity index (χ0v) is 11.7. The first-order valence-corrected chi connectivity index (χ1v) is 6.67. The summed E-state index contributed by atoms with van der Waals surface area (Å²) in [5, 5.41) is 0. The molecule has 0 amide bonds. The molecule has 0 aliphatic heterocycles. The van der Waals surface area contributed by atoms with Crippen LogP contribution in [0.2, 0.25) is 0 Å². The van der Waals surface area contributed by atoms with Crippen LogP contribution in [0, 0.1) is 11.3 Å². The van der Waals surface area contributed by atoms with E-state index in [1.807, 2.05) is 20.8 Å². The molecule has 0 spiro atoms. The minimum Gasteiger partial charge on any atom is -0.381 e. The van der Waals surface area contributed by atoms with Crippen LogP contribution >= 0.6 is 0 Å². The van der Waals surface area contributed by atoms with Crippen molar-refractivity contribution in [3.05, 3.63) is 0 Å². The van der Waals surface area contributed by atoms with Crippen LogP contribution in [-0.2, 0) is 9.53 Å². The first kappa shape index (κ1) is 14.7. The molecule has 2 N–H and O–H groups in total. The van der Waals surface area contributed by atoms with Gasteiger partial charge < -0.3 is 10.5 Å². The van der Waals surface area contributed by atoms with Crippen LogP contribution < -0.4 is 5.73 Å². The lowest BCUT2D eigenvalue weighted by Crippen LogP contribution is -2.40. The van der Waals surface area contributed by atoms with Gasteiger partial charge in [0, 0.05) is 12.5 Å². The smallest absolute Gasteiger partial charge is 0.154 e. The van der Waals surface area contributed by atoms with E-state index in [0.717, 1.165) is 32.1 Å². The number of hydrogen-bond donors (Lipinski definition) is 1. The van der Waals surface area contributed by atoms with Gasteiger partial charge in [-0.25, -0.2) is 0 Å². The van der Waals surface area contributed by atoms with Gasteiger partial charge in [-0.3, -0.25) is 4.79 Å². The van der Waals surface area contributed by atoms with Crippen LogP contribution in [0.5, 0.6) is 0 Å². The van der Waals surface area contributed by atoms with Gasteiger partial charge >= 0.3 is 0 Å². The molecule has 3 nitrogen and oxygen atoms in total. The van der Waals surface area contributed by atoms with E-state index in [9.17, 15) is 4.79 Å². The Labute approximate surface area is 105 Å². The van der Waals surface area contributed by atoms with Crippen molar-refractivity contribution >= 4 is 5.78 Å². The van der Waals surface area contributed by atoms with Gasteiger partial charge in [0.1, 0.15) is 0 Å². The van der Waals surface area contributed by atoms with Crippen molar-refractivity contribution in [3.63, 3.8) is 0 Å². The molecule has 17 heavy (non-hydrogen) atoms. The van der Waals surface area contributed by atoms with Gasteiger partial charge in [0.05, 0.1) is 12.1 Å². The highest BCUT2D eigenvalue weighted by Crippen LogP contribution is 2.30. The van der Waals surface area contributed by atoms with E-state index in [0.29, 0.717) is 12.0 Å². The molecule has 0 aromatic rings. The van der Waals surface area contributed by atoms with Gasteiger partial charge in [-0.2, -0.15) is 0 Å². The first-order valence-electron chi connectivity index (χ1n) is 6.67. The monoisotopic (exact) mass is 241 g/mol. The average Bonchev–Trinajstić information content (AvgIpc) is 2.27. The highest BCUT2D eigenvalue weighted by atomic mass is 16.5. The minimum absolute atomic E-state index is 0.186. The topological polar surface area (TPSA) is 52.3 Å². The second-order valence-electron chi connectivity index (χ2n) is 6.33. The molecule has 0 aromatic carbocycles. The summed E-state index contributed by atoms with van der Waals surface area (Å²) in [7, 11) is 1.78. The van der Waals surface area contributed by atoms with Gasteiger partial charge in [0.25, 0.3) is 0 Å². The number of methoxy groups -OCH3 is 1. The molecular weight excluding hydrogens is 214 g/mol. The zero-order valence-electron chi connectivity index (χ0n) is 11.7. The van der Waals surface area contributed by atoms with Crippen molar-refractivity contribution in [1.82, 2.24) is 0 Å². The van der Waals surface area contributed by atoms with E-state index in [2.05, 4.69) is 0 Å². The number of nitrogens with two attached hydrogens (primary N) is 1. The van der Waals surface area contributed by atoms with E-state index in [-0.39, 0.29) is 17.2 Å². The van der Waals surface area contributed by atoms with Crippen molar-refractivity contribution < 1.29 is 9.53 Å². The van der Waals surface area contributed by atoms with Crippen LogP contribution in [0.3, 0.4) is 0 Å². The number of ether oxygens (including phenoxy) is 1. The van der Waals surface area contributed by atoms with Crippen LogP contribution in [0.15, 0.2) is 0 Å². The molecule has 100 valence electrons. The second-order valence-corrected chi connectivity index (χ2v) is 6.33.